The van der Waals surface area contributed by atoms with E-state index in [4.69, 9.17) is 0 Å². The first-order valence-corrected chi connectivity index (χ1v) is 8.21. The number of alkyl halides is 4. The number of H-pyrrole nitrogens is 1. The molecular formula is C17H17F4N5O2. The monoisotopic (exact) mass is 399 g/mol. The van der Waals surface area contributed by atoms with Crippen molar-refractivity contribution in [3.8, 4) is 5.75 Å². The molecule has 1 atom stereocenters. The molecule has 1 aromatic carbocycles. The summed E-state index contributed by atoms with van der Waals surface area (Å²) >= 11 is 0. The molecule has 0 amide bonds. The molecule has 28 heavy (non-hydrogen) atoms. The Kier molecular flexibility index (Phi) is 5.01. The predicted octanol–water partition coefficient (Wildman–Crippen LogP) is 3.16. The van der Waals surface area contributed by atoms with Crippen LogP contribution >= 0.6 is 0 Å². The highest BCUT2D eigenvalue weighted by Gasteiger charge is 2.31. The number of aromatic amines is 1. The van der Waals surface area contributed by atoms with E-state index in [-0.39, 0.29) is 28.4 Å². The van der Waals surface area contributed by atoms with Gasteiger partial charge in [0, 0.05) is 14.1 Å². The molecule has 0 bridgehead atoms. The van der Waals surface area contributed by atoms with E-state index < -0.39 is 24.6 Å². The predicted molar refractivity (Wildman–Crippen MR) is 94.2 cm³/mol. The van der Waals surface area contributed by atoms with Crippen LogP contribution in [0.15, 0.2) is 29.1 Å². The molecule has 0 aliphatic heterocycles. The average molecular weight is 399 g/mol. The number of aromatic nitrogens is 4. The second-order valence-electron chi connectivity index (χ2n) is 6.30. The smallest absolute Gasteiger partial charge is 0.406 e. The molecule has 0 spiro atoms. The number of halogens is 4. The number of anilines is 1. The van der Waals surface area contributed by atoms with Crippen LogP contribution < -0.4 is 15.2 Å². The normalized spacial score (nSPS) is 13.0. The summed E-state index contributed by atoms with van der Waals surface area (Å²) < 4.78 is 55.5. The van der Waals surface area contributed by atoms with Gasteiger partial charge in [0.15, 0.2) is 5.65 Å². The Hall–Kier alpha value is -3.11. The SMILES string of the molecule is C[C@@H](c1ccc(OC(F)(F)F)cc1)n1nc(CF)c2c(=O)[nH]c(N(C)C)nc21. The summed E-state index contributed by atoms with van der Waals surface area (Å²) in [6.07, 6.45) is -4.78. The first-order chi connectivity index (χ1) is 13.1. The van der Waals surface area contributed by atoms with Crippen LogP contribution in [0.1, 0.15) is 24.2 Å². The largest absolute Gasteiger partial charge is 0.573 e. The van der Waals surface area contributed by atoms with Crippen LogP contribution in [-0.4, -0.2) is 40.2 Å². The maximum Gasteiger partial charge on any atom is 0.573 e. The topological polar surface area (TPSA) is 76.0 Å². The second-order valence-corrected chi connectivity index (χ2v) is 6.30. The van der Waals surface area contributed by atoms with Crippen LogP contribution in [0.4, 0.5) is 23.5 Å². The zero-order valence-corrected chi connectivity index (χ0v) is 15.2. The Bertz CT molecular complexity index is 1040. The fourth-order valence-electron chi connectivity index (χ4n) is 2.77. The number of nitrogens with one attached hydrogen (secondary N) is 1. The maximum absolute atomic E-state index is 13.4. The Morgan fingerprint density at radius 3 is 2.43 bits per heavy atom. The van der Waals surface area contributed by atoms with Gasteiger partial charge in [-0.1, -0.05) is 12.1 Å². The van der Waals surface area contributed by atoms with Crippen molar-refractivity contribution < 1.29 is 22.3 Å². The molecule has 11 heteroatoms. The molecule has 7 nitrogen and oxygen atoms in total. The van der Waals surface area contributed by atoms with Gasteiger partial charge in [0.2, 0.25) is 5.95 Å². The van der Waals surface area contributed by atoms with Crippen molar-refractivity contribution in [2.45, 2.75) is 26.0 Å². The van der Waals surface area contributed by atoms with Gasteiger partial charge in [0.05, 0.1) is 6.04 Å². The first-order valence-electron chi connectivity index (χ1n) is 8.21. The van der Waals surface area contributed by atoms with Gasteiger partial charge in [-0.2, -0.15) is 10.1 Å². The summed E-state index contributed by atoms with van der Waals surface area (Å²) in [5.41, 5.74) is 0.188. The van der Waals surface area contributed by atoms with Gasteiger partial charge in [-0.05, 0) is 24.6 Å². The number of nitrogens with zero attached hydrogens (tertiary/aromatic N) is 4. The van der Waals surface area contributed by atoms with Gasteiger partial charge in [-0.3, -0.25) is 9.78 Å². The van der Waals surface area contributed by atoms with E-state index >= 15 is 0 Å². The Morgan fingerprint density at radius 2 is 1.89 bits per heavy atom. The number of hydrogen-bond acceptors (Lipinski definition) is 5. The maximum atomic E-state index is 13.4. The quantitative estimate of drug-likeness (QED) is 0.667. The third kappa shape index (κ3) is 3.78. The molecule has 150 valence electrons. The fraction of sp³-hybridized carbons (Fsp3) is 0.353. The molecule has 2 aromatic heterocycles. The van der Waals surface area contributed by atoms with Crippen molar-refractivity contribution in [3.05, 3.63) is 45.9 Å². The van der Waals surface area contributed by atoms with Crippen molar-refractivity contribution in [1.82, 2.24) is 19.7 Å². The minimum Gasteiger partial charge on any atom is -0.406 e. The highest BCUT2D eigenvalue weighted by Crippen LogP contribution is 2.27. The number of benzene rings is 1. The molecule has 0 radical (unpaired) electrons. The van der Waals surface area contributed by atoms with Gasteiger partial charge < -0.3 is 9.64 Å². The van der Waals surface area contributed by atoms with Crippen LogP contribution in [0, 0.1) is 0 Å². The number of hydrogen-bond donors (Lipinski definition) is 1. The van der Waals surface area contributed by atoms with E-state index in [1.165, 1.54) is 28.9 Å². The Balaban J connectivity index is 2.06. The minimum atomic E-state index is -4.78. The number of ether oxygens (including phenoxy) is 1. The second kappa shape index (κ2) is 7.13. The van der Waals surface area contributed by atoms with E-state index in [1.54, 1.807) is 25.9 Å². The van der Waals surface area contributed by atoms with E-state index in [0.717, 1.165) is 0 Å². The first kappa shape index (κ1) is 19.6. The Morgan fingerprint density at radius 1 is 1.25 bits per heavy atom. The van der Waals surface area contributed by atoms with Crippen LogP contribution in [-0.2, 0) is 6.67 Å². The van der Waals surface area contributed by atoms with Crippen LogP contribution in [0.3, 0.4) is 0 Å². The molecular weight excluding hydrogens is 382 g/mol. The molecule has 0 fully saturated rings. The molecule has 3 rings (SSSR count). The zero-order valence-electron chi connectivity index (χ0n) is 15.2. The van der Waals surface area contributed by atoms with Crippen molar-refractivity contribution in [1.29, 1.82) is 0 Å². The number of rotatable bonds is 5. The summed E-state index contributed by atoms with van der Waals surface area (Å²) in [4.78, 5) is 20.9. The summed E-state index contributed by atoms with van der Waals surface area (Å²) in [5, 5.41) is 4.20. The molecule has 2 heterocycles. The van der Waals surface area contributed by atoms with E-state index in [1.807, 2.05) is 0 Å². The van der Waals surface area contributed by atoms with Gasteiger partial charge >= 0.3 is 6.36 Å². The van der Waals surface area contributed by atoms with Gasteiger partial charge in [-0.15, -0.1) is 13.2 Å². The van der Waals surface area contributed by atoms with Crippen molar-refractivity contribution in [2.24, 2.45) is 0 Å². The van der Waals surface area contributed by atoms with E-state index in [2.05, 4.69) is 19.8 Å². The van der Waals surface area contributed by atoms with Crippen molar-refractivity contribution in [2.75, 3.05) is 19.0 Å². The highest BCUT2D eigenvalue weighted by atomic mass is 19.4. The van der Waals surface area contributed by atoms with Gasteiger partial charge in [0.25, 0.3) is 5.56 Å². The molecule has 1 N–H and O–H groups in total. The lowest BCUT2D eigenvalue weighted by Crippen LogP contribution is -2.20. The van der Waals surface area contributed by atoms with Crippen LogP contribution in [0.2, 0.25) is 0 Å². The lowest BCUT2D eigenvalue weighted by atomic mass is 10.1. The highest BCUT2D eigenvalue weighted by molar-refractivity contribution is 5.78. The number of fused-ring (bicyclic) bond motifs is 1. The molecule has 3 aromatic rings. The third-order valence-corrected chi connectivity index (χ3v) is 4.13. The molecule has 0 aliphatic carbocycles. The van der Waals surface area contributed by atoms with E-state index in [0.29, 0.717) is 5.56 Å². The summed E-state index contributed by atoms with van der Waals surface area (Å²) in [7, 11) is 3.37. The molecule has 0 saturated carbocycles. The average Bonchev–Trinajstić information content (AvgIpc) is 2.99. The van der Waals surface area contributed by atoms with Crippen LogP contribution in [0.25, 0.3) is 11.0 Å². The van der Waals surface area contributed by atoms with Gasteiger partial charge in [0.1, 0.15) is 23.5 Å². The van der Waals surface area contributed by atoms with E-state index in [9.17, 15) is 22.4 Å². The lowest BCUT2D eigenvalue weighted by Gasteiger charge is -2.16. The fourth-order valence-corrected chi connectivity index (χ4v) is 2.77. The van der Waals surface area contributed by atoms with Crippen molar-refractivity contribution >= 4 is 17.0 Å². The third-order valence-electron chi connectivity index (χ3n) is 4.13. The molecule has 0 saturated heterocycles. The summed E-state index contributed by atoms with van der Waals surface area (Å²) in [5.74, 6) is -0.0899. The standard InChI is InChI=1S/C17H17F4N5O2/c1-9(10-4-6-11(7-5-10)28-17(19,20)21)26-14-13(12(8-18)24-26)15(27)23-16(22-14)25(2)3/h4-7,9H,8H2,1-3H3,(H,22,23,27)/t9-/m0/s1. The van der Waals surface area contributed by atoms with Gasteiger partial charge in [-0.25, -0.2) is 9.07 Å². The molecule has 0 aliphatic rings. The zero-order chi connectivity index (χ0) is 20.6. The summed E-state index contributed by atoms with van der Waals surface area (Å²) in [6.45, 7) is 0.757. The van der Waals surface area contributed by atoms with Crippen LogP contribution in [0.5, 0.6) is 5.75 Å². The Labute approximate surface area is 156 Å². The molecule has 0 unspecified atom stereocenters. The lowest BCUT2D eigenvalue weighted by molar-refractivity contribution is -0.274. The van der Waals surface area contributed by atoms with Crippen molar-refractivity contribution in [3.63, 3.8) is 0 Å². The summed E-state index contributed by atoms with van der Waals surface area (Å²) in [6, 6.07) is 4.70. The minimum absolute atomic E-state index is 0.0389.